The molecule has 1 amide bonds. The van der Waals surface area contributed by atoms with Crippen LogP contribution in [0.3, 0.4) is 0 Å². The quantitative estimate of drug-likeness (QED) is 0.287. The molecule has 0 aromatic heterocycles. The van der Waals surface area contributed by atoms with Gasteiger partial charge in [-0.2, -0.15) is 17.8 Å². The maximum absolute atomic E-state index is 12.8. The molecular formula is C25H30ClN5O4S. The molecule has 3 rings (SSSR count). The number of nitrogens with zero attached hydrogens (tertiary/aromatic N) is 4. The Morgan fingerprint density at radius 2 is 1.83 bits per heavy atom. The minimum absolute atomic E-state index is 0.0617. The summed E-state index contributed by atoms with van der Waals surface area (Å²) in [4.78, 5) is 11.2. The maximum Gasteiger partial charge on any atom is 0.323 e. The van der Waals surface area contributed by atoms with Crippen molar-refractivity contribution in [1.82, 2.24) is 9.31 Å². The molecule has 192 valence electrons. The average Bonchev–Trinajstić information content (AvgIpc) is 3.24. The summed E-state index contributed by atoms with van der Waals surface area (Å²) >= 11 is 6.12. The third kappa shape index (κ3) is 6.19. The monoisotopic (exact) mass is 531 g/mol. The smallest absolute Gasteiger partial charge is 0.323 e. The Morgan fingerprint density at radius 1 is 1.19 bits per heavy atom. The first kappa shape index (κ1) is 27.5. The average molecular weight is 532 g/mol. The highest BCUT2D eigenvalue weighted by Gasteiger charge is 2.47. The SMILES string of the molecule is CCN(CC)S(=O)(=O)N=C(C)N1CC(OC/C=C/C(N)=O)(c2ccccc2)C(c2ccc(Cl)cc2)=N1. The largest absolute Gasteiger partial charge is 0.366 e. The Kier molecular flexibility index (Phi) is 9.02. The zero-order valence-corrected chi connectivity index (χ0v) is 22.0. The third-order valence-electron chi connectivity index (χ3n) is 5.69. The van der Waals surface area contributed by atoms with Crippen LogP contribution in [0.15, 0.2) is 76.2 Å². The van der Waals surface area contributed by atoms with E-state index in [4.69, 9.17) is 27.2 Å². The van der Waals surface area contributed by atoms with Crippen molar-refractivity contribution in [3.8, 4) is 0 Å². The molecule has 2 aromatic rings. The van der Waals surface area contributed by atoms with Gasteiger partial charge in [-0.15, -0.1) is 4.40 Å². The van der Waals surface area contributed by atoms with Gasteiger partial charge in [0.25, 0.3) is 0 Å². The van der Waals surface area contributed by atoms with Crippen LogP contribution in [0.1, 0.15) is 31.9 Å². The number of rotatable bonds is 10. The van der Waals surface area contributed by atoms with Crippen molar-refractivity contribution in [3.05, 3.63) is 82.9 Å². The topological polar surface area (TPSA) is 118 Å². The number of halogens is 1. The van der Waals surface area contributed by atoms with Gasteiger partial charge in [0.15, 0.2) is 5.60 Å². The highest BCUT2D eigenvalue weighted by atomic mass is 35.5. The molecule has 1 unspecified atom stereocenters. The molecule has 0 saturated heterocycles. The molecule has 36 heavy (non-hydrogen) atoms. The van der Waals surface area contributed by atoms with E-state index in [-0.39, 0.29) is 19.0 Å². The molecule has 2 N–H and O–H groups in total. The number of hydrazone groups is 1. The Hall–Kier alpha value is -3.05. The predicted octanol–water partition coefficient (Wildman–Crippen LogP) is 3.32. The van der Waals surface area contributed by atoms with Crippen LogP contribution < -0.4 is 5.73 Å². The first-order valence-corrected chi connectivity index (χ1v) is 13.2. The summed E-state index contributed by atoms with van der Waals surface area (Å²) in [6, 6.07) is 16.6. The second kappa shape index (κ2) is 11.8. The second-order valence-electron chi connectivity index (χ2n) is 8.02. The normalized spacial score (nSPS) is 18.8. The number of benzene rings is 2. The van der Waals surface area contributed by atoms with Crippen LogP contribution in [-0.4, -0.2) is 61.4 Å². The maximum atomic E-state index is 12.8. The van der Waals surface area contributed by atoms with Crippen LogP contribution in [0.2, 0.25) is 5.02 Å². The van der Waals surface area contributed by atoms with Gasteiger partial charge in [-0.25, -0.2) is 5.01 Å². The summed E-state index contributed by atoms with van der Waals surface area (Å²) in [5.74, 6) is -0.390. The molecule has 1 aliphatic rings. The van der Waals surface area contributed by atoms with Crippen LogP contribution in [0.4, 0.5) is 0 Å². The highest BCUT2D eigenvalue weighted by Crippen LogP contribution is 2.37. The fourth-order valence-electron chi connectivity index (χ4n) is 3.92. The van der Waals surface area contributed by atoms with Gasteiger partial charge >= 0.3 is 10.2 Å². The second-order valence-corrected chi connectivity index (χ2v) is 10.1. The van der Waals surface area contributed by atoms with Crippen LogP contribution in [0.25, 0.3) is 0 Å². The number of carbonyl (C=O) groups excluding carboxylic acids is 1. The third-order valence-corrected chi connectivity index (χ3v) is 7.61. The van der Waals surface area contributed by atoms with E-state index >= 15 is 0 Å². The molecule has 1 atom stereocenters. The number of primary amides is 1. The molecule has 0 spiro atoms. The standard InChI is InChI=1S/C25H30ClN5O4S/c1-4-30(5-2)36(33,34)29-19(3)31-18-25(21-10-7-6-8-11-21,35-17-9-12-23(27)32)24(28-31)20-13-15-22(26)16-14-20/h6-16H,4-5,17-18H2,1-3H3,(H2,27,32)/b12-9+,29-19?. The summed E-state index contributed by atoms with van der Waals surface area (Å²) in [5, 5.41) is 6.87. The highest BCUT2D eigenvalue weighted by molar-refractivity contribution is 7.87. The Bertz CT molecular complexity index is 1260. The molecule has 0 aliphatic carbocycles. The molecule has 0 saturated carbocycles. The number of hydrogen-bond donors (Lipinski definition) is 1. The molecule has 1 heterocycles. The van der Waals surface area contributed by atoms with Crippen LogP contribution in [0.5, 0.6) is 0 Å². The number of nitrogens with two attached hydrogens (primary N) is 1. The zero-order valence-electron chi connectivity index (χ0n) is 20.5. The number of amidine groups is 1. The van der Waals surface area contributed by atoms with Gasteiger partial charge in [0.1, 0.15) is 11.5 Å². The van der Waals surface area contributed by atoms with Crippen molar-refractivity contribution in [2.45, 2.75) is 26.4 Å². The predicted molar refractivity (Wildman–Crippen MR) is 142 cm³/mol. The molecule has 0 radical (unpaired) electrons. The number of ether oxygens (including phenoxy) is 1. The molecule has 9 nitrogen and oxygen atoms in total. The van der Waals surface area contributed by atoms with E-state index in [9.17, 15) is 13.2 Å². The Labute approximate surface area is 217 Å². The molecule has 0 bridgehead atoms. The lowest BCUT2D eigenvalue weighted by atomic mass is 9.85. The van der Waals surface area contributed by atoms with E-state index in [1.54, 1.807) is 32.9 Å². The first-order valence-electron chi connectivity index (χ1n) is 11.5. The van der Waals surface area contributed by atoms with Gasteiger partial charge in [0, 0.05) is 29.8 Å². The van der Waals surface area contributed by atoms with Gasteiger partial charge < -0.3 is 10.5 Å². The van der Waals surface area contributed by atoms with Crippen LogP contribution in [-0.2, 0) is 25.3 Å². The lowest BCUT2D eigenvalue weighted by Crippen LogP contribution is -2.43. The van der Waals surface area contributed by atoms with Gasteiger partial charge in [-0.05, 0) is 24.6 Å². The summed E-state index contributed by atoms with van der Waals surface area (Å²) in [6.45, 7) is 5.93. The minimum atomic E-state index is -3.89. The zero-order chi connectivity index (χ0) is 26.3. The van der Waals surface area contributed by atoms with Gasteiger partial charge in [-0.1, -0.05) is 74.0 Å². The Balaban J connectivity index is 2.13. The van der Waals surface area contributed by atoms with E-state index in [0.717, 1.165) is 11.1 Å². The van der Waals surface area contributed by atoms with E-state index in [0.29, 0.717) is 23.8 Å². The van der Waals surface area contributed by atoms with Crippen LogP contribution >= 0.6 is 11.6 Å². The molecular weight excluding hydrogens is 502 g/mol. The van der Waals surface area contributed by atoms with Gasteiger partial charge in [-0.3, -0.25) is 4.79 Å². The van der Waals surface area contributed by atoms with Crippen molar-refractivity contribution < 1.29 is 17.9 Å². The number of hydrogen-bond acceptors (Lipinski definition) is 5. The lowest BCUT2D eigenvalue weighted by Gasteiger charge is -2.31. The van der Waals surface area contributed by atoms with E-state index in [1.807, 2.05) is 42.5 Å². The minimum Gasteiger partial charge on any atom is -0.366 e. The number of carbonyl (C=O) groups is 1. The summed E-state index contributed by atoms with van der Waals surface area (Å²) in [6.07, 6.45) is 2.76. The Morgan fingerprint density at radius 3 is 2.42 bits per heavy atom. The summed E-state index contributed by atoms with van der Waals surface area (Å²) in [7, 11) is -3.89. The molecule has 1 aliphatic heterocycles. The molecule has 0 fully saturated rings. The lowest BCUT2D eigenvalue weighted by molar-refractivity contribution is -0.113. The van der Waals surface area contributed by atoms with Crippen molar-refractivity contribution >= 4 is 39.3 Å². The van der Waals surface area contributed by atoms with Crippen molar-refractivity contribution in [3.63, 3.8) is 0 Å². The van der Waals surface area contributed by atoms with E-state index < -0.39 is 21.7 Å². The summed E-state index contributed by atoms with van der Waals surface area (Å²) in [5.41, 5.74) is 6.21. The molecule has 2 aromatic carbocycles. The fourth-order valence-corrected chi connectivity index (χ4v) is 5.24. The summed E-state index contributed by atoms with van der Waals surface area (Å²) < 4.78 is 37.4. The first-order chi connectivity index (χ1) is 17.1. The van der Waals surface area contributed by atoms with E-state index in [2.05, 4.69) is 4.40 Å². The number of amides is 1. The van der Waals surface area contributed by atoms with Crippen molar-refractivity contribution in [2.24, 2.45) is 15.2 Å². The van der Waals surface area contributed by atoms with Crippen molar-refractivity contribution in [2.75, 3.05) is 26.2 Å². The van der Waals surface area contributed by atoms with Crippen LogP contribution in [0, 0.1) is 0 Å². The van der Waals surface area contributed by atoms with Crippen molar-refractivity contribution in [1.29, 1.82) is 0 Å². The fraction of sp³-hybridized carbons (Fsp3) is 0.320. The van der Waals surface area contributed by atoms with Gasteiger partial charge in [0.05, 0.1) is 13.2 Å². The van der Waals surface area contributed by atoms with Gasteiger partial charge in [0.2, 0.25) is 5.91 Å². The van der Waals surface area contributed by atoms with E-state index in [1.165, 1.54) is 21.5 Å². The molecule has 11 heteroatoms.